The van der Waals surface area contributed by atoms with Gasteiger partial charge in [0.05, 0.1) is 11.2 Å². The fourth-order valence-corrected chi connectivity index (χ4v) is 3.49. The standard InChI is InChI=1S/C19H31BN2O2/c1-18(2)19(3,4)24-20(23-18)15-8-7-9-17(14-15)22-12-10-16(11-13-22)21(5)6/h7-9,14,16H,10-13H2,1-6H3. The molecule has 0 spiro atoms. The van der Waals surface area contributed by atoms with Gasteiger partial charge in [-0.25, -0.2) is 0 Å². The zero-order chi connectivity index (χ0) is 17.5. The van der Waals surface area contributed by atoms with Gasteiger partial charge in [-0.05, 0) is 72.2 Å². The molecule has 2 fully saturated rings. The lowest BCUT2D eigenvalue weighted by Crippen LogP contribution is -2.42. The highest BCUT2D eigenvalue weighted by molar-refractivity contribution is 6.62. The summed E-state index contributed by atoms with van der Waals surface area (Å²) < 4.78 is 12.4. The van der Waals surface area contributed by atoms with Crippen LogP contribution in [0.2, 0.25) is 0 Å². The lowest BCUT2D eigenvalue weighted by molar-refractivity contribution is 0.00578. The molecule has 0 aromatic heterocycles. The van der Waals surface area contributed by atoms with Gasteiger partial charge in [0.1, 0.15) is 0 Å². The Morgan fingerprint density at radius 2 is 1.62 bits per heavy atom. The van der Waals surface area contributed by atoms with Crippen LogP contribution in [0.15, 0.2) is 24.3 Å². The number of anilines is 1. The largest absolute Gasteiger partial charge is 0.494 e. The number of rotatable bonds is 3. The van der Waals surface area contributed by atoms with Crippen molar-refractivity contribution in [2.24, 2.45) is 0 Å². The fourth-order valence-electron chi connectivity index (χ4n) is 3.49. The molecule has 24 heavy (non-hydrogen) atoms. The maximum Gasteiger partial charge on any atom is 0.494 e. The highest BCUT2D eigenvalue weighted by Gasteiger charge is 2.51. The molecule has 2 saturated heterocycles. The molecule has 132 valence electrons. The van der Waals surface area contributed by atoms with Crippen molar-refractivity contribution >= 4 is 18.3 Å². The molecule has 0 atom stereocenters. The topological polar surface area (TPSA) is 24.9 Å². The Bertz CT molecular complexity index is 564. The zero-order valence-corrected chi connectivity index (χ0v) is 16.0. The van der Waals surface area contributed by atoms with Crippen LogP contribution in [0.4, 0.5) is 5.69 Å². The molecule has 0 N–H and O–H groups in total. The molecule has 2 aliphatic rings. The van der Waals surface area contributed by atoms with Crippen molar-refractivity contribution in [3.8, 4) is 0 Å². The van der Waals surface area contributed by atoms with E-state index in [-0.39, 0.29) is 18.3 Å². The smallest absolute Gasteiger partial charge is 0.399 e. The molecule has 2 aliphatic heterocycles. The van der Waals surface area contributed by atoms with E-state index < -0.39 is 0 Å². The van der Waals surface area contributed by atoms with E-state index in [4.69, 9.17) is 9.31 Å². The van der Waals surface area contributed by atoms with Crippen molar-refractivity contribution in [3.05, 3.63) is 24.3 Å². The number of benzene rings is 1. The quantitative estimate of drug-likeness (QED) is 0.795. The first-order valence-electron chi connectivity index (χ1n) is 9.06. The zero-order valence-electron chi connectivity index (χ0n) is 16.0. The molecule has 4 nitrogen and oxygen atoms in total. The molecule has 1 aromatic carbocycles. The van der Waals surface area contributed by atoms with Crippen LogP contribution in [0.3, 0.4) is 0 Å². The van der Waals surface area contributed by atoms with Gasteiger partial charge in [0.15, 0.2) is 0 Å². The molecule has 3 rings (SSSR count). The summed E-state index contributed by atoms with van der Waals surface area (Å²) in [4.78, 5) is 4.83. The highest BCUT2D eigenvalue weighted by Crippen LogP contribution is 2.36. The average Bonchev–Trinajstić information content (AvgIpc) is 2.76. The Balaban J connectivity index is 1.72. The summed E-state index contributed by atoms with van der Waals surface area (Å²) in [6.45, 7) is 10.6. The van der Waals surface area contributed by atoms with E-state index in [9.17, 15) is 0 Å². The van der Waals surface area contributed by atoms with Crippen molar-refractivity contribution < 1.29 is 9.31 Å². The van der Waals surface area contributed by atoms with Gasteiger partial charge in [-0.15, -0.1) is 0 Å². The van der Waals surface area contributed by atoms with Gasteiger partial charge >= 0.3 is 7.12 Å². The van der Waals surface area contributed by atoms with Crippen LogP contribution >= 0.6 is 0 Å². The van der Waals surface area contributed by atoms with E-state index >= 15 is 0 Å². The number of hydrogen-bond acceptors (Lipinski definition) is 4. The van der Waals surface area contributed by atoms with Crippen LogP contribution in [0.1, 0.15) is 40.5 Å². The third-order valence-corrected chi connectivity index (χ3v) is 5.96. The highest BCUT2D eigenvalue weighted by atomic mass is 16.7. The van der Waals surface area contributed by atoms with Crippen LogP contribution < -0.4 is 10.4 Å². The maximum atomic E-state index is 6.19. The second-order valence-electron chi connectivity index (χ2n) is 8.37. The van der Waals surface area contributed by atoms with Gasteiger partial charge in [0, 0.05) is 24.8 Å². The fraction of sp³-hybridized carbons (Fsp3) is 0.684. The minimum Gasteiger partial charge on any atom is -0.399 e. The van der Waals surface area contributed by atoms with Gasteiger partial charge in [-0.3, -0.25) is 0 Å². The van der Waals surface area contributed by atoms with Gasteiger partial charge < -0.3 is 19.1 Å². The van der Waals surface area contributed by atoms with Crippen LogP contribution in [-0.4, -0.2) is 56.4 Å². The second kappa shape index (κ2) is 6.36. The average molecular weight is 330 g/mol. The molecule has 0 unspecified atom stereocenters. The van der Waals surface area contributed by atoms with E-state index in [0.29, 0.717) is 6.04 Å². The van der Waals surface area contributed by atoms with Crippen LogP contribution in [0.25, 0.3) is 0 Å². The predicted octanol–water partition coefficient (Wildman–Crippen LogP) is 2.52. The summed E-state index contributed by atoms with van der Waals surface area (Å²) in [5.74, 6) is 0. The Kier molecular flexibility index (Phi) is 4.71. The van der Waals surface area contributed by atoms with E-state index in [2.05, 4.69) is 75.9 Å². The van der Waals surface area contributed by atoms with E-state index in [1.807, 2.05) is 0 Å². The lowest BCUT2D eigenvalue weighted by atomic mass is 9.79. The number of hydrogen-bond donors (Lipinski definition) is 0. The van der Waals surface area contributed by atoms with Crippen molar-refractivity contribution in [1.29, 1.82) is 0 Å². The second-order valence-corrected chi connectivity index (χ2v) is 8.37. The monoisotopic (exact) mass is 330 g/mol. The number of nitrogens with zero attached hydrogens (tertiary/aromatic N) is 2. The van der Waals surface area contributed by atoms with Crippen LogP contribution in [0.5, 0.6) is 0 Å². The van der Waals surface area contributed by atoms with Crippen LogP contribution in [0, 0.1) is 0 Å². The molecule has 0 aliphatic carbocycles. The first-order chi connectivity index (χ1) is 11.2. The minimum atomic E-state index is -0.294. The molecule has 0 amide bonds. The molecular formula is C19H31BN2O2. The van der Waals surface area contributed by atoms with E-state index in [0.717, 1.165) is 18.6 Å². The van der Waals surface area contributed by atoms with Crippen LogP contribution in [-0.2, 0) is 9.31 Å². The Labute approximate surface area is 147 Å². The normalized spacial score (nSPS) is 24.0. The van der Waals surface area contributed by atoms with Crippen molar-refractivity contribution in [3.63, 3.8) is 0 Å². The molecule has 0 radical (unpaired) electrons. The summed E-state index contributed by atoms with van der Waals surface area (Å²) in [7, 11) is 4.08. The molecular weight excluding hydrogens is 299 g/mol. The van der Waals surface area contributed by atoms with E-state index in [1.54, 1.807) is 0 Å². The summed E-state index contributed by atoms with van der Waals surface area (Å²) in [6, 6.07) is 9.36. The van der Waals surface area contributed by atoms with Gasteiger partial charge in [-0.2, -0.15) is 0 Å². The molecule has 0 bridgehead atoms. The van der Waals surface area contributed by atoms with Gasteiger partial charge in [0.25, 0.3) is 0 Å². The van der Waals surface area contributed by atoms with Gasteiger partial charge in [-0.1, -0.05) is 12.1 Å². The first-order valence-corrected chi connectivity index (χ1v) is 9.06. The summed E-state index contributed by atoms with van der Waals surface area (Å²) >= 11 is 0. The van der Waals surface area contributed by atoms with Crippen molar-refractivity contribution in [2.75, 3.05) is 32.1 Å². The predicted molar refractivity (Wildman–Crippen MR) is 101 cm³/mol. The Hall–Kier alpha value is -1.04. The molecule has 2 heterocycles. The summed E-state index contributed by atoms with van der Waals surface area (Å²) in [5, 5.41) is 0. The van der Waals surface area contributed by atoms with Gasteiger partial charge in [0.2, 0.25) is 0 Å². The van der Waals surface area contributed by atoms with Crippen molar-refractivity contribution in [1.82, 2.24) is 4.90 Å². The molecule has 0 saturated carbocycles. The Morgan fingerprint density at radius 3 is 2.17 bits per heavy atom. The summed E-state index contributed by atoms with van der Waals surface area (Å²) in [6.07, 6.45) is 2.43. The SMILES string of the molecule is CN(C)C1CCN(c2cccc(B3OC(C)(C)C(C)(C)O3)c2)CC1. The Morgan fingerprint density at radius 1 is 1.04 bits per heavy atom. The molecule has 5 heteroatoms. The first kappa shape index (κ1) is 17.8. The minimum absolute atomic E-state index is 0.283. The lowest BCUT2D eigenvalue weighted by Gasteiger charge is -2.36. The maximum absolute atomic E-state index is 6.19. The summed E-state index contributed by atoms with van der Waals surface area (Å²) in [5.41, 5.74) is 1.80. The van der Waals surface area contributed by atoms with Crippen molar-refractivity contribution in [2.45, 2.75) is 57.8 Å². The van der Waals surface area contributed by atoms with E-state index in [1.165, 1.54) is 18.5 Å². The third kappa shape index (κ3) is 3.35. The number of piperidine rings is 1. The molecule has 1 aromatic rings. The third-order valence-electron chi connectivity index (χ3n) is 5.96.